The first-order valence-corrected chi connectivity index (χ1v) is 10.1. The summed E-state index contributed by atoms with van der Waals surface area (Å²) in [7, 11) is 0. The summed E-state index contributed by atoms with van der Waals surface area (Å²) in [5, 5.41) is 2.96. The summed E-state index contributed by atoms with van der Waals surface area (Å²) in [5.74, 6) is 0.825. The van der Waals surface area contributed by atoms with Gasteiger partial charge < -0.3 is 19.7 Å². The van der Waals surface area contributed by atoms with Crippen LogP contribution >= 0.6 is 0 Å². The van der Waals surface area contributed by atoms with Gasteiger partial charge >= 0.3 is 0 Å². The van der Waals surface area contributed by atoms with Gasteiger partial charge in [0.2, 0.25) is 0 Å². The fourth-order valence-corrected chi connectivity index (χ4v) is 3.76. The van der Waals surface area contributed by atoms with Crippen molar-refractivity contribution >= 4 is 11.8 Å². The van der Waals surface area contributed by atoms with E-state index < -0.39 is 0 Å². The zero-order valence-electron chi connectivity index (χ0n) is 16.8. The number of carbonyl (C=O) groups is 2. The van der Waals surface area contributed by atoms with Crippen molar-refractivity contribution < 1.29 is 19.1 Å². The molecule has 29 heavy (non-hydrogen) atoms. The number of ether oxygens (including phenoxy) is 2. The van der Waals surface area contributed by atoms with Crippen molar-refractivity contribution in [3.63, 3.8) is 0 Å². The minimum absolute atomic E-state index is 0.0177. The molecule has 0 aromatic heterocycles. The Morgan fingerprint density at radius 2 is 1.79 bits per heavy atom. The third-order valence-corrected chi connectivity index (χ3v) is 5.74. The number of para-hydroxylation sites is 1. The molecule has 2 aliphatic rings. The molecule has 2 heterocycles. The van der Waals surface area contributed by atoms with Crippen LogP contribution in [0.5, 0.6) is 5.75 Å². The summed E-state index contributed by atoms with van der Waals surface area (Å²) in [5.41, 5.74) is 3.24. The standard InChI is InChI=1S/C23H26N2O4/c1-15-16(2)29-21-19(15)4-3-5-20(21)22(26)24-14-17-6-8-18(9-7-17)23(27)25-10-12-28-13-11-25/h3-9,15-16H,10-14H2,1-2H3,(H,24,26)/t15-,16-/m1/s1. The number of hydrogen-bond acceptors (Lipinski definition) is 4. The first-order valence-electron chi connectivity index (χ1n) is 10.1. The lowest BCUT2D eigenvalue weighted by molar-refractivity contribution is 0.0303. The molecule has 1 fully saturated rings. The van der Waals surface area contributed by atoms with Crippen LogP contribution in [0, 0.1) is 0 Å². The summed E-state index contributed by atoms with van der Waals surface area (Å²) in [6.45, 7) is 6.93. The summed E-state index contributed by atoms with van der Waals surface area (Å²) < 4.78 is 11.2. The van der Waals surface area contributed by atoms with Crippen LogP contribution in [-0.4, -0.2) is 49.1 Å². The average molecular weight is 394 g/mol. The molecule has 2 atom stereocenters. The van der Waals surface area contributed by atoms with E-state index in [2.05, 4.69) is 12.2 Å². The highest BCUT2D eigenvalue weighted by atomic mass is 16.5. The number of morpholine rings is 1. The van der Waals surface area contributed by atoms with E-state index >= 15 is 0 Å². The summed E-state index contributed by atoms with van der Waals surface area (Å²) in [6.07, 6.45) is 0.0653. The highest BCUT2D eigenvalue weighted by Crippen LogP contribution is 2.40. The van der Waals surface area contributed by atoms with Gasteiger partial charge in [0.25, 0.3) is 11.8 Å². The van der Waals surface area contributed by atoms with Crippen molar-refractivity contribution in [1.82, 2.24) is 10.2 Å². The molecule has 2 aromatic rings. The Bertz CT molecular complexity index is 904. The van der Waals surface area contributed by atoms with Crippen LogP contribution in [-0.2, 0) is 11.3 Å². The van der Waals surface area contributed by atoms with Gasteiger partial charge in [-0.15, -0.1) is 0 Å². The van der Waals surface area contributed by atoms with E-state index in [9.17, 15) is 9.59 Å². The van der Waals surface area contributed by atoms with E-state index in [1.165, 1.54) is 0 Å². The molecule has 0 radical (unpaired) electrons. The predicted octanol–water partition coefficient (Wildman–Crippen LogP) is 2.97. The second kappa shape index (κ2) is 8.25. The molecule has 4 rings (SSSR count). The minimum Gasteiger partial charge on any atom is -0.489 e. The number of carbonyl (C=O) groups excluding carboxylic acids is 2. The zero-order chi connectivity index (χ0) is 20.4. The van der Waals surface area contributed by atoms with E-state index in [1.54, 1.807) is 11.0 Å². The summed E-state index contributed by atoms with van der Waals surface area (Å²) >= 11 is 0. The first kappa shape index (κ1) is 19.5. The maximum absolute atomic E-state index is 12.7. The highest BCUT2D eigenvalue weighted by Gasteiger charge is 2.31. The number of hydrogen-bond donors (Lipinski definition) is 1. The molecular weight excluding hydrogens is 368 g/mol. The van der Waals surface area contributed by atoms with Gasteiger partial charge in [-0.3, -0.25) is 9.59 Å². The summed E-state index contributed by atoms with van der Waals surface area (Å²) in [6, 6.07) is 13.1. The highest BCUT2D eigenvalue weighted by molar-refractivity contribution is 5.97. The Morgan fingerprint density at radius 3 is 2.52 bits per heavy atom. The molecule has 2 aliphatic heterocycles. The molecule has 0 spiro atoms. The van der Waals surface area contributed by atoms with Crippen LogP contribution in [0.25, 0.3) is 0 Å². The lowest BCUT2D eigenvalue weighted by Crippen LogP contribution is -2.40. The monoisotopic (exact) mass is 394 g/mol. The van der Waals surface area contributed by atoms with Gasteiger partial charge in [-0.05, 0) is 30.7 Å². The van der Waals surface area contributed by atoms with Gasteiger partial charge in [-0.25, -0.2) is 0 Å². The van der Waals surface area contributed by atoms with Crippen LogP contribution in [0.3, 0.4) is 0 Å². The molecule has 1 saturated heterocycles. The van der Waals surface area contributed by atoms with Crippen molar-refractivity contribution in [3.8, 4) is 5.75 Å². The quantitative estimate of drug-likeness (QED) is 0.866. The second-order valence-corrected chi connectivity index (χ2v) is 7.62. The lowest BCUT2D eigenvalue weighted by atomic mass is 9.97. The van der Waals surface area contributed by atoms with Crippen LogP contribution in [0.2, 0.25) is 0 Å². The Labute approximate surface area is 170 Å². The number of benzene rings is 2. The normalized spacial score (nSPS) is 20.7. The molecular formula is C23H26N2O4. The number of amides is 2. The maximum Gasteiger partial charge on any atom is 0.255 e. The number of rotatable bonds is 4. The molecule has 2 amide bonds. The molecule has 6 heteroatoms. The SMILES string of the molecule is C[C@H]1Oc2c(C(=O)NCc3ccc(C(=O)N4CCOCC4)cc3)cccc2[C@@H]1C. The van der Waals surface area contributed by atoms with Gasteiger partial charge in [-0.2, -0.15) is 0 Å². The van der Waals surface area contributed by atoms with E-state index in [-0.39, 0.29) is 23.8 Å². The predicted molar refractivity (Wildman–Crippen MR) is 109 cm³/mol. The van der Waals surface area contributed by atoms with Gasteiger partial charge in [0.05, 0.1) is 18.8 Å². The Kier molecular flexibility index (Phi) is 5.53. The van der Waals surface area contributed by atoms with Crippen molar-refractivity contribution in [2.75, 3.05) is 26.3 Å². The van der Waals surface area contributed by atoms with Crippen LogP contribution in [0.1, 0.15) is 51.6 Å². The largest absolute Gasteiger partial charge is 0.489 e. The zero-order valence-corrected chi connectivity index (χ0v) is 16.8. The third-order valence-electron chi connectivity index (χ3n) is 5.74. The molecule has 0 unspecified atom stereocenters. The molecule has 0 saturated carbocycles. The van der Waals surface area contributed by atoms with E-state index in [1.807, 2.05) is 43.3 Å². The fraction of sp³-hybridized carbons (Fsp3) is 0.391. The Morgan fingerprint density at radius 1 is 1.07 bits per heavy atom. The van der Waals surface area contributed by atoms with Gasteiger partial charge in [0.1, 0.15) is 11.9 Å². The molecule has 0 bridgehead atoms. The van der Waals surface area contributed by atoms with Crippen molar-refractivity contribution in [2.45, 2.75) is 32.4 Å². The van der Waals surface area contributed by atoms with Crippen molar-refractivity contribution in [2.24, 2.45) is 0 Å². The smallest absolute Gasteiger partial charge is 0.255 e. The van der Waals surface area contributed by atoms with E-state index in [4.69, 9.17) is 9.47 Å². The van der Waals surface area contributed by atoms with Gasteiger partial charge in [0.15, 0.2) is 0 Å². The topological polar surface area (TPSA) is 67.9 Å². The second-order valence-electron chi connectivity index (χ2n) is 7.62. The molecule has 6 nitrogen and oxygen atoms in total. The minimum atomic E-state index is -0.156. The van der Waals surface area contributed by atoms with Crippen molar-refractivity contribution in [1.29, 1.82) is 0 Å². The van der Waals surface area contributed by atoms with E-state index in [0.29, 0.717) is 49.7 Å². The molecule has 1 N–H and O–H groups in total. The van der Waals surface area contributed by atoms with Crippen LogP contribution in [0.4, 0.5) is 0 Å². The number of fused-ring (bicyclic) bond motifs is 1. The lowest BCUT2D eigenvalue weighted by Gasteiger charge is -2.26. The molecule has 0 aliphatic carbocycles. The number of nitrogens with one attached hydrogen (secondary N) is 1. The number of nitrogens with zero attached hydrogens (tertiary/aromatic N) is 1. The fourth-order valence-electron chi connectivity index (χ4n) is 3.76. The van der Waals surface area contributed by atoms with Gasteiger partial charge in [0, 0.05) is 36.7 Å². The Balaban J connectivity index is 1.39. The average Bonchev–Trinajstić information content (AvgIpc) is 3.06. The van der Waals surface area contributed by atoms with Crippen LogP contribution in [0.15, 0.2) is 42.5 Å². The van der Waals surface area contributed by atoms with Crippen molar-refractivity contribution in [3.05, 3.63) is 64.7 Å². The van der Waals surface area contributed by atoms with Gasteiger partial charge in [-0.1, -0.05) is 31.2 Å². The Hall–Kier alpha value is -2.86. The maximum atomic E-state index is 12.7. The summed E-state index contributed by atoms with van der Waals surface area (Å²) in [4.78, 5) is 27.0. The van der Waals surface area contributed by atoms with E-state index in [0.717, 1.165) is 11.1 Å². The van der Waals surface area contributed by atoms with Crippen LogP contribution < -0.4 is 10.1 Å². The third kappa shape index (κ3) is 3.98. The first-order chi connectivity index (χ1) is 14.0. The molecule has 152 valence electrons. The molecule has 2 aromatic carbocycles.